The van der Waals surface area contributed by atoms with E-state index in [0.29, 0.717) is 13.0 Å². The molecule has 1 aromatic carbocycles. The number of carbonyl (C=O) groups is 2. The largest absolute Gasteiger partial charge is 0.465 e. The van der Waals surface area contributed by atoms with Crippen molar-refractivity contribution in [2.75, 3.05) is 13.1 Å². The van der Waals surface area contributed by atoms with Gasteiger partial charge in [0.15, 0.2) is 0 Å². The lowest BCUT2D eigenvalue weighted by atomic mass is 10.1. The molecule has 0 aromatic heterocycles. The van der Waals surface area contributed by atoms with E-state index in [4.69, 9.17) is 9.84 Å². The summed E-state index contributed by atoms with van der Waals surface area (Å²) in [5, 5.41) is 8.79. The lowest BCUT2D eigenvalue weighted by Gasteiger charge is -2.12. The van der Waals surface area contributed by atoms with Crippen LogP contribution in [0.4, 0.5) is 4.79 Å². The second-order valence-corrected chi connectivity index (χ2v) is 4.31. The second-order valence-electron chi connectivity index (χ2n) is 4.31. The minimum Gasteiger partial charge on any atom is -0.465 e. The third-order valence-corrected chi connectivity index (χ3v) is 3.02. The van der Waals surface area contributed by atoms with Crippen LogP contribution in [0.3, 0.4) is 0 Å². The number of likely N-dealkylation sites (tertiary alicyclic amines) is 1. The molecule has 0 radical (unpaired) electrons. The molecule has 0 aliphatic carbocycles. The number of hydrogen-bond acceptors (Lipinski definition) is 3. The molecule has 2 rings (SSSR count). The molecule has 1 aliphatic rings. The molecular weight excluding hydrogens is 234 g/mol. The van der Waals surface area contributed by atoms with Crippen LogP contribution in [0.15, 0.2) is 30.3 Å². The van der Waals surface area contributed by atoms with Gasteiger partial charge in [0.1, 0.15) is 6.61 Å². The molecule has 0 saturated carbocycles. The molecule has 1 aliphatic heterocycles. The molecule has 1 aromatic rings. The lowest BCUT2D eigenvalue weighted by molar-refractivity contribution is -0.149. The Morgan fingerprint density at radius 1 is 1.33 bits per heavy atom. The molecule has 1 fully saturated rings. The quantitative estimate of drug-likeness (QED) is 0.828. The van der Waals surface area contributed by atoms with Gasteiger partial charge < -0.3 is 14.7 Å². The fourth-order valence-electron chi connectivity index (χ4n) is 1.97. The van der Waals surface area contributed by atoms with Gasteiger partial charge in [0.05, 0.1) is 5.92 Å². The lowest BCUT2D eigenvalue weighted by Crippen LogP contribution is -2.28. The van der Waals surface area contributed by atoms with Crippen LogP contribution in [-0.2, 0) is 16.1 Å². The molecule has 18 heavy (non-hydrogen) atoms. The standard InChI is InChI=1S/C13H15NO4/c15-12(11-6-7-14(8-11)13(16)17)18-9-10-4-2-1-3-5-10/h1-5,11H,6-9H2,(H,16,17). The molecular formula is C13H15NO4. The molecule has 0 bridgehead atoms. The maximum Gasteiger partial charge on any atom is 0.407 e. The van der Waals surface area contributed by atoms with Crippen molar-refractivity contribution in [2.45, 2.75) is 13.0 Å². The van der Waals surface area contributed by atoms with E-state index in [2.05, 4.69) is 0 Å². The minimum atomic E-state index is -0.978. The molecule has 1 N–H and O–H groups in total. The molecule has 1 amide bonds. The van der Waals surface area contributed by atoms with E-state index in [1.807, 2.05) is 30.3 Å². The van der Waals surface area contributed by atoms with Gasteiger partial charge in [0, 0.05) is 13.1 Å². The molecule has 1 atom stereocenters. The van der Waals surface area contributed by atoms with Crippen molar-refractivity contribution in [2.24, 2.45) is 5.92 Å². The Kier molecular flexibility index (Phi) is 3.82. The van der Waals surface area contributed by atoms with Crippen LogP contribution in [0.2, 0.25) is 0 Å². The third kappa shape index (κ3) is 3.00. The summed E-state index contributed by atoms with van der Waals surface area (Å²) in [6.45, 7) is 0.882. The summed E-state index contributed by atoms with van der Waals surface area (Å²) in [7, 11) is 0. The molecule has 0 spiro atoms. The van der Waals surface area contributed by atoms with Gasteiger partial charge in [-0.15, -0.1) is 0 Å². The summed E-state index contributed by atoms with van der Waals surface area (Å²) < 4.78 is 5.18. The number of hydrogen-bond donors (Lipinski definition) is 1. The van der Waals surface area contributed by atoms with Gasteiger partial charge >= 0.3 is 12.1 Å². The second kappa shape index (κ2) is 5.53. The van der Waals surface area contributed by atoms with E-state index in [1.165, 1.54) is 4.90 Å². The Bertz CT molecular complexity index is 432. The van der Waals surface area contributed by atoms with Crippen molar-refractivity contribution in [1.82, 2.24) is 4.90 Å². The van der Waals surface area contributed by atoms with Gasteiger partial charge in [-0.3, -0.25) is 4.79 Å². The minimum absolute atomic E-state index is 0.239. The highest BCUT2D eigenvalue weighted by Gasteiger charge is 2.31. The fraction of sp³-hybridized carbons (Fsp3) is 0.385. The number of carbonyl (C=O) groups excluding carboxylic acids is 1. The van der Waals surface area contributed by atoms with Gasteiger partial charge in [-0.1, -0.05) is 30.3 Å². The average Bonchev–Trinajstić information content (AvgIpc) is 2.87. The average molecular weight is 249 g/mol. The van der Waals surface area contributed by atoms with Crippen LogP contribution in [-0.4, -0.2) is 35.2 Å². The summed E-state index contributed by atoms with van der Waals surface area (Å²) in [4.78, 5) is 23.7. The number of rotatable bonds is 3. The first-order chi connectivity index (χ1) is 8.66. The van der Waals surface area contributed by atoms with E-state index in [0.717, 1.165) is 5.56 Å². The highest BCUT2D eigenvalue weighted by molar-refractivity contribution is 5.75. The monoisotopic (exact) mass is 249 g/mol. The molecule has 96 valence electrons. The van der Waals surface area contributed by atoms with Crippen LogP contribution in [0.5, 0.6) is 0 Å². The molecule has 1 heterocycles. The van der Waals surface area contributed by atoms with Crippen LogP contribution < -0.4 is 0 Å². The smallest absolute Gasteiger partial charge is 0.407 e. The van der Waals surface area contributed by atoms with Crippen molar-refractivity contribution in [1.29, 1.82) is 0 Å². The Balaban J connectivity index is 1.81. The van der Waals surface area contributed by atoms with E-state index in [9.17, 15) is 9.59 Å². The van der Waals surface area contributed by atoms with E-state index >= 15 is 0 Å². The van der Waals surface area contributed by atoms with Crippen molar-refractivity contribution in [3.63, 3.8) is 0 Å². The number of benzene rings is 1. The number of amides is 1. The fourth-order valence-corrected chi connectivity index (χ4v) is 1.97. The highest BCUT2D eigenvalue weighted by Crippen LogP contribution is 2.18. The first-order valence-corrected chi connectivity index (χ1v) is 5.85. The van der Waals surface area contributed by atoms with Crippen molar-refractivity contribution >= 4 is 12.1 Å². The zero-order valence-corrected chi connectivity index (χ0v) is 9.91. The van der Waals surface area contributed by atoms with Gasteiger partial charge in [-0.05, 0) is 12.0 Å². The first-order valence-electron chi connectivity index (χ1n) is 5.85. The zero-order valence-electron chi connectivity index (χ0n) is 9.91. The number of carboxylic acid groups (broad SMARTS) is 1. The van der Waals surface area contributed by atoms with E-state index in [-0.39, 0.29) is 25.0 Å². The van der Waals surface area contributed by atoms with Gasteiger partial charge in [0.25, 0.3) is 0 Å². The summed E-state index contributed by atoms with van der Waals surface area (Å²) in [6.07, 6.45) is -0.437. The Morgan fingerprint density at radius 2 is 2.06 bits per heavy atom. The Hall–Kier alpha value is -2.04. The predicted molar refractivity (Wildman–Crippen MR) is 63.9 cm³/mol. The molecule has 5 nitrogen and oxygen atoms in total. The number of nitrogens with zero attached hydrogens (tertiary/aromatic N) is 1. The van der Waals surface area contributed by atoms with Crippen molar-refractivity contribution in [3.05, 3.63) is 35.9 Å². The molecule has 1 saturated heterocycles. The van der Waals surface area contributed by atoms with Crippen molar-refractivity contribution in [3.8, 4) is 0 Å². The van der Waals surface area contributed by atoms with Gasteiger partial charge in [-0.25, -0.2) is 4.79 Å². The normalized spacial score (nSPS) is 18.7. The first kappa shape index (κ1) is 12.4. The van der Waals surface area contributed by atoms with Crippen LogP contribution in [0.1, 0.15) is 12.0 Å². The van der Waals surface area contributed by atoms with E-state index in [1.54, 1.807) is 0 Å². The van der Waals surface area contributed by atoms with Crippen molar-refractivity contribution < 1.29 is 19.4 Å². The summed E-state index contributed by atoms with van der Waals surface area (Å²) >= 11 is 0. The molecule has 1 unspecified atom stereocenters. The van der Waals surface area contributed by atoms with Crippen LogP contribution >= 0.6 is 0 Å². The van der Waals surface area contributed by atoms with E-state index < -0.39 is 6.09 Å². The highest BCUT2D eigenvalue weighted by atomic mass is 16.5. The van der Waals surface area contributed by atoms with Crippen LogP contribution in [0, 0.1) is 5.92 Å². The van der Waals surface area contributed by atoms with Gasteiger partial charge in [-0.2, -0.15) is 0 Å². The predicted octanol–water partition coefficient (Wildman–Crippen LogP) is 1.73. The number of ether oxygens (including phenoxy) is 1. The Labute approximate surface area is 105 Å². The maximum absolute atomic E-state index is 11.7. The maximum atomic E-state index is 11.7. The SMILES string of the molecule is O=C(OCc1ccccc1)C1CCN(C(=O)O)C1. The van der Waals surface area contributed by atoms with Crippen LogP contribution in [0.25, 0.3) is 0 Å². The Morgan fingerprint density at radius 3 is 2.67 bits per heavy atom. The summed E-state index contributed by atoms with van der Waals surface area (Å²) in [5.74, 6) is -0.646. The summed E-state index contributed by atoms with van der Waals surface area (Å²) in [6, 6.07) is 9.42. The summed E-state index contributed by atoms with van der Waals surface area (Å²) in [5.41, 5.74) is 0.930. The third-order valence-electron chi connectivity index (χ3n) is 3.02. The topological polar surface area (TPSA) is 66.8 Å². The zero-order chi connectivity index (χ0) is 13.0. The van der Waals surface area contributed by atoms with Gasteiger partial charge in [0.2, 0.25) is 0 Å². The number of esters is 1. The molecule has 5 heteroatoms.